The van der Waals surface area contributed by atoms with Crippen molar-refractivity contribution in [2.24, 2.45) is 5.92 Å². The van der Waals surface area contributed by atoms with Gasteiger partial charge in [0.25, 0.3) is 0 Å². The molecule has 0 radical (unpaired) electrons. The highest BCUT2D eigenvalue weighted by atomic mass is 16.5. The van der Waals surface area contributed by atoms with Crippen LogP contribution in [-0.2, 0) is 6.42 Å². The zero-order valence-corrected chi connectivity index (χ0v) is 12.9. The minimum absolute atomic E-state index is 0.317. The minimum Gasteiger partial charge on any atom is -0.490 e. The Bertz CT molecular complexity index is 630. The largest absolute Gasteiger partial charge is 0.490 e. The van der Waals surface area contributed by atoms with Crippen molar-refractivity contribution >= 4 is 16.6 Å². The lowest BCUT2D eigenvalue weighted by atomic mass is 9.89. The van der Waals surface area contributed by atoms with Crippen LogP contribution in [0.5, 0.6) is 5.75 Å². The van der Waals surface area contributed by atoms with Crippen LogP contribution < -0.4 is 10.5 Å². The van der Waals surface area contributed by atoms with Crippen LogP contribution in [0.1, 0.15) is 45.2 Å². The zero-order valence-electron chi connectivity index (χ0n) is 12.9. The Hall–Kier alpha value is -1.77. The Morgan fingerprint density at radius 2 is 2.00 bits per heavy atom. The Morgan fingerprint density at radius 1 is 1.24 bits per heavy atom. The van der Waals surface area contributed by atoms with Gasteiger partial charge in [-0.15, -0.1) is 0 Å². The van der Waals surface area contributed by atoms with Crippen LogP contribution in [0.3, 0.4) is 0 Å². The van der Waals surface area contributed by atoms with E-state index in [1.807, 2.05) is 24.3 Å². The van der Waals surface area contributed by atoms with Gasteiger partial charge in [-0.05, 0) is 56.2 Å². The number of anilines is 1. The lowest BCUT2D eigenvalue weighted by Gasteiger charge is -2.27. The first-order chi connectivity index (χ1) is 10.2. The molecule has 3 rings (SSSR count). The molecule has 0 amide bonds. The summed E-state index contributed by atoms with van der Waals surface area (Å²) in [5.74, 6) is 1.72. The van der Waals surface area contributed by atoms with E-state index >= 15 is 0 Å². The molecule has 0 aliphatic heterocycles. The van der Waals surface area contributed by atoms with Gasteiger partial charge in [0.1, 0.15) is 5.75 Å². The first kappa shape index (κ1) is 14.2. The van der Waals surface area contributed by atoms with Crippen molar-refractivity contribution in [3.63, 3.8) is 0 Å². The van der Waals surface area contributed by atoms with Crippen molar-refractivity contribution < 1.29 is 4.74 Å². The lowest BCUT2D eigenvalue weighted by Crippen LogP contribution is -2.23. The topological polar surface area (TPSA) is 48.1 Å². The van der Waals surface area contributed by atoms with Crippen LogP contribution in [-0.4, -0.2) is 11.1 Å². The van der Waals surface area contributed by atoms with E-state index in [9.17, 15) is 0 Å². The highest BCUT2D eigenvalue weighted by molar-refractivity contribution is 5.95. The second-order valence-corrected chi connectivity index (χ2v) is 6.21. The zero-order chi connectivity index (χ0) is 14.8. The highest BCUT2D eigenvalue weighted by Crippen LogP contribution is 2.34. The minimum atomic E-state index is 0.317. The summed E-state index contributed by atoms with van der Waals surface area (Å²) in [4.78, 5) is 4.66. The maximum atomic E-state index is 6.25. The first-order valence-corrected chi connectivity index (χ1v) is 8.02. The molecule has 0 saturated heterocycles. The Kier molecular flexibility index (Phi) is 4.00. The molecule has 0 bridgehead atoms. The molecule has 1 aromatic heterocycles. The highest BCUT2D eigenvalue weighted by Gasteiger charge is 2.20. The van der Waals surface area contributed by atoms with Gasteiger partial charge in [0.05, 0.1) is 17.0 Å². The maximum absolute atomic E-state index is 6.25. The van der Waals surface area contributed by atoms with Crippen molar-refractivity contribution in [3.8, 4) is 5.75 Å². The summed E-state index contributed by atoms with van der Waals surface area (Å²) in [5, 5.41) is 0.966. The molecular weight excluding hydrogens is 260 g/mol. The van der Waals surface area contributed by atoms with Gasteiger partial charge in [0.15, 0.2) is 0 Å². The third-order valence-corrected chi connectivity index (χ3v) is 4.50. The average molecular weight is 284 g/mol. The number of nitrogens with zero attached hydrogens (tertiary/aromatic N) is 1. The van der Waals surface area contributed by atoms with Crippen LogP contribution in [0, 0.1) is 5.92 Å². The molecule has 1 aromatic carbocycles. The van der Waals surface area contributed by atoms with Gasteiger partial charge >= 0.3 is 0 Å². The van der Waals surface area contributed by atoms with E-state index in [0.717, 1.165) is 53.2 Å². The van der Waals surface area contributed by atoms with Gasteiger partial charge in [0, 0.05) is 11.4 Å². The summed E-state index contributed by atoms with van der Waals surface area (Å²) in [6.07, 6.45) is 5.99. The van der Waals surface area contributed by atoms with Crippen molar-refractivity contribution in [1.82, 2.24) is 4.98 Å². The Morgan fingerprint density at radius 3 is 2.71 bits per heavy atom. The molecule has 1 aliphatic carbocycles. The van der Waals surface area contributed by atoms with E-state index < -0.39 is 0 Å². The summed E-state index contributed by atoms with van der Waals surface area (Å²) < 4.78 is 6.25. The summed E-state index contributed by atoms with van der Waals surface area (Å²) in [7, 11) is 0. The van der Waals surface area contributed by atoms with Gasteiger partial charge in [-0.1, -0.05) is 19.9 Å². The molecule has 0 spiro atoms. The standard InChI is InChI=1S/C18H24N2O/c1-3-13-11-15(19)18-16(20-13)5-4-6-17(18)21-14-9-7-12(2)8-10-14/h4-6,11-12,14H,3,7-10H2,1-2H3,(H2,19,20)/t12-,14-. The molecule has 1 fully saturated rings. The Labute approximate surface area is 126 Å². The van der Waals surface area contributed by atoms with Gasteiger partial charge < -0.3 is 10.5 Å². The number of nitrogen functional groups attached to an aromatic ring is 1. The van der Waals surface area contributed by atoms with Crippen LogP contribution >= 0.6 is 0 Å². The predicted octanol–water partition coefficient (Wildman–Crippen LogP) is 4.34. The van der Waals surface area contributed by atoms with E-state index in [-0.39, 0.29) is 0 Å². The van der Waals surface area contributed by atoms with Crippen molar-refractivity contribution in [3.05, 3.63) is 30.0 Å². The number of hydrogen-bond donors (Lipinski definition) is 1. The van der Waals surface area contributed by atoms with Gasteiger partial charge in [-0.25, -0.2) is 0 Å². The molecule has 1 aliphatic rings. The molecule has 2 aromatic rings. The molecule has 2 N–H and O–H groups in total. The second kappa shape index (κ2) is 5.92. The fourth-order valence-electron chi connectivity index (χ4n) is 3.15. The maximum Gasteiger partial charge on any atom is 0.131 e. The second-order valence-electron chi connectivity index (χ2n) is 6.21. The monoisotopic (exact) mass is 284 g/mol. The van der Waals surface area contributed by atoms with Crippen molar-refractivity contribution in [2.45, 2.75) is 52.1 Å². The quantitative estimate of drug-likeness (QED) is 0.912. The Balaban J connectivity index is 1.91. The molecule has 0 unspecified atom stereocenters. The first-order valence-electron chi connectivity index (χ1n) is 8.02. The number of aromatic nitrogens is 1. The summed E-state index contributed by atoms with van der Waals surface area (Å²) in [6.45, 7) is 4.42. The summed E-state index contributed by atoms with van der Waals surface area (Å²) in [6, 6.07) is 8.01. The number of fused-ring (bicyclic) bond motifs is 1. The fourth-order valence-corrected chi connectivity index (χ4v) is 3.15. The van der Waals surface area contributed by atoms with Crippen LogP contribution in [0.4, 0.5) is 5.69 Å². The number of aryl methyl sites for hydroxylation is 1. The molecule has 3 nitrogen and oxygen atoms in total. The molecule has 1 saturated carbocycles. The number of nitrogens with two attached hydrogens (primary N) is 1. The SMILES string of the molecule is CCc1cc(N)c2c(O[C@H]3CC[C@H](C)CC3)cccc2n1. The molecule has 112 valence electrons. The van der Waals surface area contributed by atoms with E-state index in [4.69, 9.17) is 10.5 Å². The van der Waals surface area contributed by atoms with Gasteiger partial charge in [0.2, 0.25) is 0 Å². The van der Waals surface area contributed by atoms with Crippen molar-refractivity contribution in [2.75, 3.05) is 5.73 Å². The fraction of sp³-hybridized carbons (Fsp3) is 0.500. The summed E-state index contributed by atoms with van der Waals surface area (Å²) >= 11 is 0. The molecule has 1 heterocycles. The number of pyridine rings is 1. The van der Waals surface area contributed by atoms with Crippen LogP contribution in [0.25, 0.3) is 10.9 Å². The van der Waals surface area contributed by atoms with Crippen LogP contribution in [0.15, 0.2) is 24.3 Å². The van der Waals surface area contributed by atoms with Crippen molar-refractivity contribution in [1.29, 1.82) is 0 Å². The van der Waals surface area contributed by atoms with E-state index in [1.165, 1.54) is 12.8 Å². The van der Waals surface area contributed by atoms with E-state index in [0.29, 0.717) is 6.10 Å². The average Bonchev–Trinajstić information content (AvgIpc) is 2.49. The number of benzene rings is 1. The summed E-state index contributed by atoms with van der Waals surface area (Å²) in [5.41, 5.74) is 8.98. The third-order valence-electron chi connectivity index (χ3n) is 4.50. The molecule has 0 atom stereocenters. The van der Waals surface area contributed by atoms with Gasteiger partial charge in [-0.2, -0.15) is 0 Å². The van der Waals surface area contributed by atoms with Gasteiger partial charge in [-0.3, -0.25) is 4.98 Å². The third kappa shape index (κ3) is 2.97. The lowest BCUT2D eigenvalue weighted by molar-refractivity contribution is 0.137. The number of ether oxygens (including phenoxy) is 1. The van der Waals surface area contributed by atoms with Crippen LogP contribution in [0.2, 0.25) is 0 Å². The van der Waals surface area contributed by atoms with E-state index in [1.54, 1.807) is 0 Å². The smallest absolute Gasteiger partial charge is 0.131 e. The predicted molar refractivity (Wildman–Crippen MR) is 87.6 cm³/mol. The normalized spacial score (nSPS) is 22.4. The van der Waals surface area contributed by atoms with E-state index in [2.05, 4.69) is 18.8 Å². The number of hydrogen-bond acceptors (Lipinski definition) is 3. The molecule has 3 heteroatoms. The molecule has 21 heavy (non-hydrogen) atoms. The molecular formula is C18H24N2O. The number of rotatable bonds is 3.